The van der Waals surface area contributed by atoms with Crippen LogP contribution in [-0.2, 0) is 20.7 Å². The van der Waals surface area contributed by atoms with Crippen molar-refractivity contribution in [2.24, 2.45) is 0 Å². The lowest BCUT2D eigenvalue weighted by atomic mass is 9.94. The number of hydrogen-bond donors (Lipinski definition) is 1. The van der Waals surface area contributed by atoms with E-state index in [0.29, 0.717) is 31.3 Å². The summed E-state index contributed by atoms with van der Waals surface area (Å²) in [6, 6.07) is 16.0. The Bertz CT molecular complexity index is 786. The molecule has 1 N–H and O–H groups in total. The van der Waals surface area contributed by atoms with Crippen LogP contribution in [0, 0.1) is 0 Å². The summed E-state index contributed by atoms with van der Waals surface area (Å²) in [5, 5.41) is 9.44. The highest BCUT2D eigenvalue weighted by molar-refractivity contribution is 5.68. The molecule has 2 aromatic rings. The SMILES string of the molecule is CCOC(OCC)C(CC(=O)O)c1ccc(OC)c(OCCCCCc2ccccc2)c1. The van der Waals surface area contributed by atoms with Gasteiger partial charge in [-0.3, -0.25) is 4.79 Å². The summed E-state index contributed by atoms with van der Waals surface area (Å²) in [7, 11) is 1.60. The van der Waals surface area contributed by atoms with Gasteiger partial charge in [-0.05, 0) is 62.8 Å². The molecular formula is C26H36O6. The molecule has 0 saturated carbocycles. The predicted octanol–water partition coefficient (Wildman–Crippen LogP) is 5.44. The zero-order valence-corrected chi connectivity index (χ0v) is 19.4. The van der Waals surface area contributed by atoms with E-state index in [1.807, 2.05) is 38.1 Å². The van der Waals surface area contributed by atoms with Crippen LogP contribution in [0.1, 0.15) is 56.6 Å². The van der Waals surface area contributed by atoms with E-state index < -0.39 is 18.2 Å². The fourth-order valence-electron chi connectivity index (χ4n) is 3.64. The Hall–Kier alpha value is -2.57. The van der Waals surface area contributed by atoms with Crippen LogP contribution in [0.3, 0.4) is 0 Å². The van der Waals surface area contributed by atoms with Crippen molar-refractivity contribution in [3.8, 4) is 11.5 Å². The highest BCUT2D eigenvalue weighted by atomic mass is 16.7. The number of unbranched alkanes of at least 4 members (excludes halogenated alkanes) is 2. The van der Waals surface area contributed by atoms with Crippen molar-refractivity contribution in [1.82, 2.24) is 0 Å². The van der Waals surface area contributed by atoms with Gasteiger partial charge in [-0.1, -0.05) is 36.4 Å². The second kappa shape index (κ2) is 14.5. The van der Waals surface area contributed by atoms with E-state index in [4.69, 9.17) is 18.9 Å². The number of carbonyl (C=O) groups is 1. The minimum absolute atomic E-state index is 0.101. The Balaban J connectivity index is 2.01. The van der Waals surface area contributed by atoms with Crippen molar-refractivity contribution < 1.29 is 28.8 Å². The molecule has 0 spiro atoms. The lowest BCUT2D eigenvalue weighted by Gasteiger charge is -2.26. The zero-order valence-electron chi connectivity index (χ0n) is 19.4. The zero-order chi connectivity index (χ0) is 23.2. The number of rotatable bonds is 16. The molecule has 0 amide bonds. The average molecular weight is 445 g/mol. The Morgan fingerprint density at radius 1 is 0.938 bits per heavy atom. The van der Waals surface area contributed by atoms with E-state index in [1.165, 1.54) is 5.56 Å². The third kappa shape index (κ3) is 8.52. The Morgan fingerprint density at radius 3 is 2.28 bits per heavy atom. The van der Waals surface area contributed by atoms with Gasteiger partial charge in [0.25, 0.3) is 0 Å². The van der Waals surface area contributed by atoms with Gasteiger partial charge in [-0.25, -0.2) is 0 Å². The van der Waals surface area contributed by atoms with Crippen molar-refractivity contribution in [1.29, 1.82) is 0 Å². The number of benzene rings is 2. The van der Waals surface area contributed by atoms with Crippen LogP contribution in [0.2, 0.25) is 0 Å². The first-order valence-electron chi connectivity index (χ1n) is 11.4. The number of carboxylic acid groups (broad SMARTS) is 1. The van der Waals surface area contributed by atoms with Gasteiger partial charge in [-0.15, -0.1) is 0 Å². The van der Waals surface area contributed by atoms with Gasteiger partial charge >= 0.3 is 5.97 Å². The third-order valence-corrected chi connectivity index (χ3v) is 5.21. The molecule has 6 heteroatoms. The van der Waals surface area contributed by atoms with E-state index in [2.05, 4.69) is 24.3 Å². The Morgan fingerprint density at radius 2 is 1.66 bits per heavy atom. The topological polar surface area (TPSA) is 74.2 Å². The maximum atomic E-state index is 11.5. The number of aryl methyl sites for hydroxylation is 1. The monoisotopic (exact) mass is 444 g/mol. The Labute approximate surface area is 191 Å². The lowest BCUT2D eigenvalue weighted by molar-refractivity contribution is -0.160. The fourth-order valence-corrected chi connectivity index (χ4v) is 3.64. The molecule has 0 aliphatic carbocycles. The standard InChI is InChI=1S/C26H36O6/c1-4-30-26(31-5-2)22(19-25(27)28)21-15-16-23(29-3)24(18-21)32-17-11-7-10-14-20-12-8-6-9-13-20/h6,8-9,12-13,15-16,18,22,26H,4-5,7,10-11,14,17,19H2,1-3H3,(H,27,28). The quantitative estimate of drug-likeness (QED) is 0.274. The van der Waals surface area contributed by atoms with Crippen LogP contribution in [0.5, 0.6) is 11.5 Å². The molecule has 0 bridgehead atoms. The molecule has 0 fully saturated rings. The summed E-state index contributed by atoms with van der Waals surface area (Å²) >= 11 is 0. The van der Waals surface area contributed by atoms with Gasteiger partial charge in [0.2, 0.25) is 0 Å². The van der Waals surface area contributed by atoms with Crippen LogP contribution >= 0.6 is 0 Å². The molecule has 0 aliphatic heterocycles. The predicted molar refractivity (Wildman–Crippen MR) is 125 cm³/mol. The van der Waals surface area contributed by atoms with Crippen molar-refractivity contribution in [2.45, 2.75) is 58.2 Å². The highest BCUT2D eigenvalue weighted by Gasteiger charge is 2.28. The van der Waals surface area contributed by atoms with Crippen LogP contribution in [-0.4, -0.2) is 44.3 Å². The molecule has 2 rings (SSSR count). The number of hydrogen-bond acceptors (Lipinski definition) is 5. The molecule has 0 radical (unpaired) electrons. The van der Waals surface area contributed by atoms with E-state index in [-0.39, 0.29) is 6.42 Å². The van der Waals surface area contributed by atoms with Gasteiger partial charge in [0.15, 0.2) is 17.8 Å². The summed E-state index contributed by atoms with van der Waals surface area (Å²) in [6.07, 6.45) is 3.42. The molecular weight excluding hydrogens is 408 g/mol. The maximum absolute atomic E-state index is 11.5. The van der Waals surface area contributed by atoms with Gasteiger partial charge in [-0.2, -0.15) is 0 Å². The second-order valence-corrected chi connectivity index (χ2v) is 7.54. The smallest absolute Gasteiger partial charge is 0.304 e. The molecule has 1 atom stereocenters. The largest absolute Gasteiger partial charge is 0.493 e. The van der Waals surface area contributed by atoms with Gasteiger partial charge < -0.3 is 24.1 Å². The molecule has 0 saturated heterocycles. The first-order chi connectivity index (χ1) is 15.6. The second-order valence-electron chi connectivity index (χ2n) is 7.54. The van der Waals surface area contributed by atoms with E-state index in [1.54, 1.807) is 7.11 Å². The third-order valence-electron chi connectivity index (χ3n) is 5.21. The molecule has 0 aliphatic rings. The molecule has 0 heterocycles. The molecule has 2 aromatic carbocycles. The normalized spacial score (nSPS) is 12.0. The van der Waals surface area contributed by atoms with Crippen molar-refractivity contribution in [3.63, 3.8) is 0 Å². The maximum Gasteiger partial charge on any atom is 0.304 e. The van der Waals surface area contributed by atoms with Gasteiger partial charge in [0.05, 0.1) is 20.1 Å². The molecule has 32 heavy (non-hydrogen) atoms. The summed E-state index contributed by atoms with van der Waals surface area (Å²) in [5.74, 6) is -0.130. The van der Waals surface area contributed by atoms with Crippen LogP contribution < -0.4 is 9.47 Å². The molecule has 6 nitrogen and oxygen atoms in total. The molecule has 1 unspecified atom stereocenters. The summed E-state index contributed by atoms with van der Waals surface area (Å²) in [5.41, 5.74) is 2.14. The summed E-state index contributed by atoms with van der Waals surface area (Å²) in [6.45, 7) is 5.17. The minimum Gasteiger partial charge on any atom is -0.493 e. The first kappa shape index (κ1) is 25.7. The van der Waals surface area contributed by atoms with Crippen LogP contribution in [0.15, 0.2) is 48.5 Å². The Kier molecular flexibility index (Phi) is 11.6. The highest BCUT2D eigenvalue weighted by Crippen LogP contribution is 2.35. The number of aliphatic carboxylic acids is 1. The summed E-state index contributed by atoms with van der Waals surface area (Å²) < 4.78 is 22.9. The van der Waals surface area contributed by atoms with Crippen LogP contribution in [0.25, 0.3) is 0 Å². The minimum atomic E-state index is -0.906. The number of ether oxygens (including phenoxy) is 4. The first-order valence-corrected chi connectivity index (χ1v) is 11.4. The van der Waals surface area contributed by atoms with Crippen molar-refractivity contribution in [2.75, 3.05) is 26.9 Å². The van der Waals surface area contributed by atoms with Gasteiger partial charge in [0, 0.05) is 19.1 Å². The van der Waals surface area contributed by atoms with Crippen molar-refractivity contribution in [3.05, 3.63) is 59.7 Å². The van der Waals surface area contributed by atoms with E-state index in [0.717, 1.165) is 31.2 Å². The van der Waals surface area contributed by atoms with E-state index >= 15 is 0 Å². The number of carboxylic acids is 1. The number of methoxy groups -OCH3 is 1. The van der Waals surface area contributed by atoms with Crippen LogP contribution in [0.4, 0.5) is 0 Å². The fraction of sp³-hybridized carbons (Fsp3) is 0.500. The van der Waals surface area contributed by atoms with E-state index in [9.17, 15) is 9.90 Å². The van der Waals surface area contributed by atoms with Crippen molar-refractivity contribution >= 4 is 5.97 Å². The lowest BCUT2D eigenvalue weighted by Crippen LogP contribution is -2.28. The molecule has 0 aromatic heterocycles. The molecule has 176 valence electrons. The average Bonchev–Trinajstić information content (AvgIpc) is 2.80. The van der Waals surface area contributed by atoms with Gasteiger partial charge in [0.1, 0.15) is 0 Å². The summed E-state index contributed by atoms with van der Waals surface area (Å²) in [4.78, 5) is 11.5.